The highest BCUT2D eigenvalue weighted by atomic mass is 16.5. The summed E-state index contributed by atoms with van der Waals surface area (Å²) in [7, 11) is 5.41. The minimum Gasteiger partial charge on any atom is -0.492 e. The molecule has 1 amide bonds. The molecule has 9 nitrogen and oxygen atoms in total. The number of pyridine rings is 1. The number of hydrogen-bond acceptors (Lipinski definition) is 7. The quantitative estimate of drug-likeness (QED) is 0.305. The van der Waals surface area contributed by atoms with Crippen LogP contribution < -0.4 is 10.1 Å². The van der Waals surface area contributed by atoms with E-state index in [1.807, 2.05) is 49.0 Å². The third-order valence-corrected chi connectivity index (χ3v) is 5.38. The van der Waals surface area contributed by atoms with E-state index in [0.29, 0.717) is 37.5 Å². The van der Waals surface area contributed by atoms with E-state index in [4.69, 9.17) is 4.74 Å². The summed E-state index contributed by atoms with van der Waals surface area (Å²) in [5, 5.41) is 2.90. The number of methoxy groups -OCH3 is 1. The molecule has 1 N–H and O–H groups in total. The number of unbranched alkanes of at least 4 members (excludes halogenated alkanes) is 2. The first-order valence-electron chi connectivity index (χ1n) is 11.5. The fourth-order valence-electron chi connectivity index (χ4n) is 3.44. The van der Waals surface area contributed by atoms with Crippen molar-refractivity contribution >= 4 is 23.0 Å². The van der Waals surface area contributed by atoms with Crippen LogP contribution in [0.2, 0.25) is 0 Å². The lowest BCUT2D eigenvalue weighted by molar-refractivity contribution is -0.140. The number of para-hydroxylation sites is 1. The lowest BCUT2D eigenvalue weighted by Crippen LogP contribution is -2.25. The Morgan fingerprint density at radius 3 is 2.71 bits per heavy atom. The number of nitrogens with zero attached hydrogens (tertiary/aromatic N) is 4. The summed E-state index contributed by atoms with van der Waals surface area (Å²) < 4.78 is 12.5. The van der Waals surface area contributed by atoms with E-state index in [1.54, 1.807) is 12.4 Å². The normalized spacial score (nSPS) is 11.1. The van der Waals surface area contributed by atoms with Gasteiger partial charge in [0.05, 0.1) is 20.0 Å². The fraction of sp³-hybridized carbons (Fsp3) is 0.440. The highest BCUT2D eigenvalue weighted by Crippen LogP contribution is 2.21. The van der Waals surface area contributed by atoms with Crippen molar-refractivity contribution in [1.82, 2.24) is 24.8 Å². The number of carbonyl (C=O) groups is 2. The molecule has 0 saturated heterocycles. The van der Waals surface area contributed by atoms with Crippen LogP contribution in [0.4, 0.5) is 0 Å². The number of esters is 1. The van der Waals surface area contributed by atoms with E-state index in [0.717, 1.165) is 42.6 Å². The van der Waals surface area contributed by atoms with Gasteiger partial charge in [-0.05, 0) is 45.1 Å². The molecule has 3 rings (SSSR count). The summed E-state index contributed by atoms with van der Waals surface area (Å²) in [5.74, 6) is 0.392. The second-order valence-electron chi connectivity index (χ2n) is 8.31. The van der Waals surface area contributed by atoms with Crippen LogP contribution in [0.1, 0.15) is 41.7 Å². The Labute approximate surface area is 200 Å². The summed E-state index contributed by atoms with van der Waals surface area (Å²) in [6.45, 7) is 2.48. The number of hydrogen-bond donors (Lipinski definition) is 1. The molecule has 0 aliphatic heterocycles. The maximum atomic E-state index is 12.6. The predicted molar refractivity (Wildman–Crippen MR) is 130 cm³/mol. The SMILES string of the molecule is COC(=O)CCCCCNC(=O)c1ccc2ncn(Cc3ccccc3OCCN(C)C)c2n1. The Kier molecular flexibility index (Phi) is 9.40. The minimum atomic E-state index is -0.227. The zero-order valence-electron chi connectivity index (χ0n) is 20.1. The van der Waals surface area contributed by atoms with Crippen LogP contribution in [0, 0.1) is 0 Å². The van der Waals surface area contributed by atoms with Crippen LogP contribution in [-0.2, 0) is 16.1 Å². The fourth-order valence-corrected chi connectivity index (χ4v) is 3.44. The van der Waals surface area contributed by atoms with Crippen LogP contribution in [0.25, 0.3) is 11.2 Å². The summed E-state index contributed by atoms with van der Waals surface area (Å²) in [6.07, 6.45) is 4.50. The van der Waals surface area contributed by atoms with E-state index in [2.05, 4.69) is 24.9 Å². The lowest BCUT2D eigenvalue weighted by Gasteiger charge is -2.14. The highest BCUT2D eigenvalue weighted by Gasteiger charge is 2.13. The smallest absolute Gasteiger partial charge is 0.305 e. The van der Waals surface area contributed by atoms with Gasteiger partial charge in [-0.15, -0.1) is 0 Å². The number of ether oxygens (including phenoxy) is 2. The molecule has 0 fully saturated rings. The maximum absolute atomic E-state index is 12.6. The number of amides is 1. The van der Waals surface area contributed by atoms with Crippen molar-refractivity contribution in [1.29, 1.82) is 0 Å². The highest BCUT2D eigenvalue weighted by molar-refractivity contribution is 5.94. The van der Waals surface area contributed by atoms with Gasteiger partial charge < -0.3 is 24.3 Å². The van der Waals surface area contributed by atoms with Gasteiger partial charge in [-0.2, -0.15) is 0 Å². The first-order chi connectivity index (χ1) is 16.5. The molecule has 9 heteroatoms. The van der Waals surface area contributed by atoms with Gasteiger partial charge in [0, 0.05) is 25.1 Å². The van der Waals surface area contributed by atoms with E-state index in [1.165, 1.54) is 7.11 Å². The molecule has 0 atom stereocenters. The topological polar surface area (TPSA) is 98.6 Å². The molecule has 3 aromatic rings. The Hall–Kier alpha value is -3.46. The number of likely N-dealkylation sites (N-methyl/N-ethyl adjacent to an activating group) is 1. The first-order valence-corrected chi connectivity index (χ1v) is 11.5. The van der Waals surface area contributed by atoms with Crippen molar-refractivity contribution in [2.75, 3.05) is 40.9 Å². The molecule has 0 saturated carbocycles. The maximum Gasteiger partial charge on any atom is 0.305 e. The number of benzene rings is 1. The summed E-state index contributed by atoms with van der Waals surface area (Å²) in [4.78, 5) is 34.8. The van der Waals surface area contributed by atoms with Crippen LogP contribution >= 0.6 is 0 Å². The number of aromatic nitrogens is 3. The lowest BCUT2D eigenvalue weighted by atomic mass is 10.2. The van der Waals surface area contributed by atoms with Gasteiger partial charge in [0.1, 0.15) is 23.6 Å². The summed E-state index contributed by atoms with van der Waals surface area (Å²) >= 11 is 0. The molecule has 0 spiro atoms. The van der Waals surface area contributed by atoms with Crippen LogP contribution in [0.5, 0.6) is 5.75 Å². The Morgan fingerprint density at radius 2 is 1.91 bits per heavy atom. The second-order valence-corrected chi connectivity index (χ2v) is 8.31. The van der Waals surface area contributed by atoms with Crippen molar-refractivity contribution < 1.29 is 19.1 Å². The number of carbonyl (C=O) groups excluding carboxylic acids is 2. The molecule has 2 aromatic heterocycles. The molecule has 34 heavy (non-hydrogen) atoms. The summed E-state index contributed by atoms with van der Waals surface area (Å²) in [5.41, 5.74) is 2.74. The van der Waals surface area contributed by atoms with Gasteiger partial charge >= 0.3 is 5.97 Å². The van der Waals surface area contributed by atoms with Crippen LogP contribution in [0.15, 0.2) is 42.7 Å². The van der Waals surface area contributed by atoms with Crippen LogP contribution in [0.3, 0.4) is 0 Å². The van der Waals surface area contributed by atoms with Crippen LogP contribution in [-0.4, -0.2) is 72.2 Å². The van der Waals surface area contributed by atoms with Crippen molar-refractivity contribution in [3.63, 3.8) is 0 Å². The predicted octanol–water partition coefficient (Wildman–Crippen LogP) is 2.88. The zero-order chi connectivity index (χ0) is 24.3. The monoisotopic (exact) mass is 467 g/mol. The molecule has 0 aliphatic rings. The van der Waals surface area contributed by atoms with E-state index in [9.17, 15) is 9.59 Å². The third-order valence-electron chi connectivity index (χ3n) is 5.38. The number of rotatable bonds is 13. The Balaban J connectivity index is 1.61. The minimum absolute atomic E-state index is 0.208. The standard InChI is InChI=1S/C25H33N5O4/c1-29(2)15-16-34-22-10-7-6-9-19(22)17-30-18-27-20-12-13-21(28-24(20)30)25(32)26-14-8-4-5-11-23(31)33-3/h6-7,9-10,12-13,18H,4-5,8,11,14-17H2,1-3H3,(H,26,32). The van der Waals surface area contributed by atoms with E-state index < -0.39 is 0 Å². The average Bonchev–Trinajstić information content (AvgIpc) is 3.23. The number of fused-ring (bicyclic) bond motifs is 1. The van der Waals surface area contributed by atoms with E-state index in [-0.39, 0.29) is 11.9 Å². The third kappa shape index (κ3) is 7.28. The van der Waals surface area contributed by atoms with Gasteiger partial charge in [0.25, 0.3) is 5.91 Å². The van der Waals surface area contributed by atoms with Crippen molar-refractivity contribution in [2.24, 2.45) is 0 Å². The molecule has 0 radical (unpaired) electrons. The van der Waals surface area contributed by atoms with Gasteiger partial charge in [-0.25, -0.2) is 9.97 Å². The van der Waals surface area contributed by atoms with Gasteiger partial charge in [-0.1, -0.05) is 24.6 Å². The Bertz CT molecular complexity index is 1100. The molecule has 0 unspecified atom stereocenters. The average molecular weight is 468 g/mol. The van der Waals surface area contributed by atoms with Crippen molar-refractivity contribution in [3.05, 3.63) is 54.0 Å². The first kappa shape index (κ1) is 25.2. The largest absolute Gasteiger partial charge is 0.492 e. The number of nitrogens with one attached hydrogen (secondary N) is 1. The Morgan fingerprint density at radius 1 is 1.09 bits per heavy atom. The van der Waals surface area contributed by atoms with Crippen molar-refractivity contribution in [3.8, 4) is 5.75 Å². The zero-order valence-corrected chi connectivity index (χ0v) is 20.1. The molecule has 0 bridgehead atoms. The van der Waals surface area contributed by atoms with E-state index >= 15 is 0 Å². The van der Waals surface area contributed by atoms with Crippen molar-refractivity contribution in [2.45, 2.75) is 32.2 Å². The number of imidazole rings is 1. The molecular formula is C25H33N5O4. The molecule has 0 aliphatic carbocycles. The van der Waals surface area contributed by atoms with Gasteiger partial charge in [0.15, 0.2) is 5.65 Å². The summed E-state index contributed by atoms with van der Waals surface area (Å²) in [6, 6.07) is 11.4. The molecule has 2 heterocycles. The molecule has 182 valence electrons. The molecule has 1 aromatic carbocycles. The second kappa shape index (κ2) is 12.7. The molecular weight excluding hydrogens is 434 g/mol. The van der Waals surface area contributed by atoms with Gasteiger partial charge in [0.2, 0.25) is 0 Å². The van der Waals surface area contributed by atoms with Gasteiger partial charge in [-0.3, -0.25) is 9.59 Å².